The van der Waals surface area contributed by atoms with Gasteiger partial charge in [-0.1, -0.05) is 101 Å². The van der Waals surface area contributed by atoms with E-state index in [1.807, 2.05) is 19.1 Å². The summed E-state index contributed by atoms with van der Waals surface area (Å²) in [5.74, 6) is -2.91. The molecule has 1 saturated carbocycles. The molecule has 14 nitrogen and oxygen atoms in total. The second-order valence-corrected chi connectivity index (χ2v) is 18.4. The summed E-state index contributed by atoms with van der Waals surface area (Å²) < 4.78 is 46.6. The van der Waals surface area contributed by atoms with E-state index in [2.05, 4.69) is 42.0 Å². The average Bonchev–Trinajstić information content (AvgIpc) is 3.24. The van der Waals surface area contributed by atoms with Crippen molar-refractivity contribution in [3.63, 3.8) is 0 Å². The van der Waals surface area contributed by atoms with Crippen LogP contribution in [-0.2, 0) is 53.4 Å². The zero-order valence-corrected chi connectivity index (χ0v) is 37.1. The van der Waals surface area contributed by atoms with Crippen molar-refractivity contribution >= 4 is 37.2 Å². The minimum atomic E-state index is -5.88. The number of carboxylic acid groups (broad SMARTS) is 1. The van der Waals surface area contributed by atoms with Gasteiger partial charge in [0.15, 0.2) is 0 Å². The summed E-state index contributed by atoms with van der Waals surface area (Å²) in [5.41, 5.74) is -3.04. The lowest BCUT2D eigenvalue weighted by molar-refractivity contribution is -0.142. The average molecular weight is 899 g/mol. The van der Waals surface area contributed by atoms with Crippen LogP contribution in [-0.4, -0.2) is 81.9 Å². The molecular weight excluding hydrogens is 837 g/mol. The van der Waals surface area contributed by atoms with E-state index >= 15 is 0 Å². The SMILES string of the molecule is CCc1ccc(C(=O)NCCCC[C@H](NC(=O)[C@H](Cc2ccc(C(F)(F)P(=O)(O)O)cc2)NC(=O)[C@H](Cc2ccccc2)NC(=O)CO[C@H]2C[C@@H](C)CC[C@@H]2C(C)C)C(=O)O)cc1. The Kier molecular flexibility index (Phi) is 19.0. The van der Waals surface area contributed by atoms with E-state index in [0.717, 1.165) is 55.5 Å². The summed E-state index contributed by atoms with van der Waals surface area (Å²) in [5, 5.41) is 20.7. The van der Waals surface area contributed by atoms with Gasteiger partial charge in [-0.05, 0) is 85.1 Å². The lowest BCUT2D eigenvalue weighted by atomic mass is 9.75. The number of hydrogen-bond acceptors (Lipinski definition) is 7. The van der Waals surface area contributed by atoms with E-state index in [0.29, 0.717) is 29.4 Å². The number of carboxylic acids is 1. The lowest BCUT2D eigenvalue weighted by Crippen LogP contribution is -2.57. The molecule has 0 heterocycles. The number of hydrogen-bond donors (Lipinski definition) is 7. The van der Waals surface area contributed by atoms with E-state index < -0.39 is 60.6 Å². The maximum Gasteiger partial charge on any atom is 0.399 e. The van der Waals surface area contributed by atoms with Crippen molar-refractivity contribution in [2.45, 2.75) is 115 Å². The molecule has 1 aliphatic carbocycles. The third kappa shape index (κ3) is 15.3. The molecule has 4 amide bonds. The number of alkyl halides is 2. The number of aryl methyl sites for hydroxylation is 1. The first kappa shape index (κ1) is 50.6. The lowest BCUT2D eigenvalue weighted by Gasteiger charge is -2.37. The van der Waals surface area contributed by atoms with Crippen LogP contribution < -0.4 is 21.3 Å². The Labute approximate surface area is 367 Å². The van der Waals surface area contributed by atoms with Gasteiger partial charge in [-0.25, -0.2) is 4.79 Å². The molecule has 3 aromatic rings. The van der Waals surface area contributed by atoms with E-state index in [-0.39, 0.29) is 62.3 Å². The summed E-state index contributed by atoms with van der Waals surface area (Å²) in [6.45, 7) is 8.30. The maximum atomic E-state index is 14.5. The number of unbranched alkanes of at least 4 members (excludes halogenated alkanes) is 1. The zero-order valence-electron chi connectivity index (χ0n) is 36.2. The monoisotopic (exact) mass is 898 g/mol. The van der Waals surface area contributed by atoms with E-state index in [1.165, 1.54) is 0 Å². The molecule has 1 aliphatic rings. The number of ether oxygens (including phenoxy) is 1. The predicted octanol–water partition coefficient (Wildman–Crippen LogP) is 5.88. The van der Waals surface area contributed by atoms with Crippen LogP contribution in [0.3, 0.4) is 0 Å². The standard InChI is InChI=1S/C46H61F2N4O10P/c1-5-31-15-19-34(20-16-31)42(54)49-24-10-9-13-37(45(57)58)51-44(56)39(27-33-17-21-35(22-18-33)46(47,48)63(59,60)61)52-43(55)38(26-32-11-7-6-8-12-32)50-41(53)28-62-40-25-30(4)14-23-36(40)29(2)3/h6-8,11-12,15-22,29-30,36-40H,5,9-10,13-14,23-28H2,1-4H3,(H,49,54)(H,50,53)(H,51,56)(H,52,55)(H,57,58)(H2,59,60,61)/t30-,36+,37-,38-,39-,40-/m0/s1. The van der Waals surface area contributed by atoms with Gasteiger partial charge >= 0.3 is 19.2 Å². The molecule has 1 fully saturated rings. The van der Waals surface area contributed by atoms with Crippen LogP contribution in [0.2, 0.25) is 0 Å². The van der Waals surface area contributed by atoms with E-state index in [9.17, 15) is 52.2 Å². The molecule has 344 valence electrons. The molecule has 63 heavy (non-hydrogen) atoms. The highest BCUT2D eigenvalue weighted by Gasteiger charge is 2.50. The van der Waals surface area contributed by atoms with Crippen LogP contribution in [0.5, 0.6) is 0 Å². The van der Waals surface area contributed by atoms with Crippen molar-refractivity contribution in [2.75, 3.05) is 13.2 Å². The molecule has 0 bridgehead atoms. The van der Waals surface area contributed by atoms with Crippen LogP contribution >= 0.6 is 7.60 Å². The van der Waals surface area contributed by atoms with Crippen LogP contribution in [0.25, 0.3) is 0 Å². The third-order valence-corrected chi connectivity index (χ3v) is 12.5. The fourth-order valence-electron chi connectivity index (χ4n) is 7.71. The fraction of sp³-hybridized carbons (Fsp3) is 0.500. The molecule has 3 aromatic carbocycles. The summed E-state index contributed by atoms with van der Waals surface area (Å²) >= 11 is 0. The van der Waals surface area contributed by atoms with Gasteiger partial charge in [0, 0.05) is 30.5 Å². The van der Waals surface area contributed by atoms with Gasteiger partial charge in [-0.3, -0.25) is 23.7 Å². The van der Waals surface area contributed by atoms with Crippen molar-refractivity contribution in [3.8, 4) is 0 Å². The first-order valence-corrected chi connectivity index (χ1v) is 23.1. The number of carbonyl (C=O) groups excluding carboxylic acids is 4. The minimum absolute atomic E-state index is 0.00628. The molecule has 4 rings (SSSR count). The first-order valence-electron chi connectivity index (χ1n) is 21.5. The maximum absolute atomic E-state index is 14.5. The topological polar surface area (TPSA) is 220 Å². The Morgan fingerprint density at radius 1 is 0.794 bits per heavy atom. The molecular formula is C46H61F2N4O10P. The number of halogens is 2. The zero-order chi connectivity index (χ0) is 46.3. The van der Waals surface area contributed by atoms with Crippen molar-refractivity contribution in [3.05, 3.63) is 107 Å². The van der Waals surface area contributed by atoms with Crippen molar-refractivity contribution in [1.29, 1.82) is 0 Å². The summed E-state index contributed by atoms with van der Waals surface area (Å²) in [6.07, 6.45) is 3.78. The van der Waals surface area contributed by atoms with E-state index in [4.69, 9.17) is 4.74 Å². The fourth-order valence-corrected chi connectivity index (χ4v) is 8.20. The Morgan fingerprint density at radius 2 is 1.37 bits per heavy atom. The summed E-state index contributed by atoms with van der Waals surface area (Å²) in [4.78, 5) is 84.9. The summed E-state index contributed by atoms with van der Waals surface area (Å²) in [6, 6.07) is 15.6. The Morgan fingerprint density at radius 3 is 1.94 bits per heavy atom. The Bertz CT molecular complexity index is 2030. The molecule has 6 atom stereocenters. The van der Waals surface area contributed by atoms with Gasteiger partial charge < -0.3 is 40.9 Å². The molecule has 0 radical (unpaired) electrons. The van der Waals surface area contributed by atoms with Gasteiger partial charge in [0.05, 0.1) is 6.10 Å². The smallest absolute Gasteiger partial charge is 0.399 e. The highest BCUT2D eigenvalue weighted by Crippen LogP contribution is 2.59. The van der Waals surface area contributed by atoms with Crippen molar-refractivity contribution < 1.29 is 56.9 Å². The largest absolute Gasteiger partial charge is 0.480 e. The van der Waals surface area contributed by atoms with Gasteiger partial charge in [0.1, 0.15) is 24.7 Å². The number of amides is 4. The predicted molar refractivity (Wildman–Crippen MR) is 233 cm³/mol. The number of nitrogens with one attached hydrogen (secondary N) is 4. The van der Waals surface area contributed by atoms with E-state index in [1.54, 1.807) is 42.5 Å². The molecule has 0 saturated heterocycles. The highest BCUT2D eigenvalue weighted by atomic mass is 31.2. The van der Waals surface area contributed by atoms with Crippen LogP contribution in [0.15, 0.2) is 78.9 Å². The Balaban J connectivity index is 1.50. The van der Waals surface area contributed by atoms with Crippen molar-refractivity contribution in [2.24, 2.45) is 17.8 Å². The van der Waals surface area contributed by atoms with Crippen LogP contribution in [0, 0.1) is 17.8 Å². The number of aliphatic carboxylic acids is 1. The summed E-state index contributed by atoms with van der Waals surface area (Å²) in [7, 11) is -5.88. The normalized spacial score (nSPS) is 18.1. The molecule has 0 aromatic heterocycles. The van der Waals surface area contributed by atoms with Gasteiger partial charge in [-0.2, -0.15) is 8.78 Å². The second kappa shape index (κ2) is 23.6. The molecule has 7 N–H and O–H groups in total. The Hall–Kier alpha value is -5.02. The van der Waals surface area contributed by atoms with Crippen molar-refractivity contribution in [1.82, 2.24) is 21.3 Å². The highest BCUT2D eigenvalue weighted by molar-refractivity contribution is 7.52. The van der Waals surface area contributed by atoms with Gasteiger partial charge in [0.2, 0.25) is 17.7 Å². The third-order valence-electron chi connectivity index (χ3n) is 11.5. The minimum Gasteiger partial charge on any atom is -0.480 e. The molecule has 0 unspecified atom stereocenters. The second-order valence-electron chi connectivity index (χ2n) is 16.7. The quantitative estimate of drug-likeness (QED) is 0.0443. The molecule has 0 spiro atoms. The number of carbonyl (C=O) groups is 5. The van der Waals surface area contributed by atoms with Crippen LogP contribution in [0.1, 0.15) is 98.8 Å². The molecule has 0 aliphatic heterocycles. The van der Waals surface area contributed by atoms with Gasteiger partial charge in [0.25, 0.3) is 5.91 Å². The van der Waals surface area contributed by atoms with Gasteiger partial charge in [-0.15, -0.1) is 0 Å². The first-order chi connectivity index (χ1) is 29.8. The molecule has 17 heteroatoms. The number of rotatable bonds is 23. The van der Waals surface area contributed by atoms with Crippen LogP contribution in [0.4, 0.5) is 8.78 Å². The number of benzene rings is 3.